The lowest BCUT2D eigenvalue weighted by atomic mass is 10.0. The van der Waals surface area contributed by atoms with Crippen LogP contribution in [0.15, 0.2) is 24.4 Å². The summed E-state index contributed by atoms with van der Waals surface area (Å²) in [6, 6.07) is 5.67. The van der Waals surface area contributed by atoms with Crippen LogP contribution in [0, 0.1) is 5.92 Å². The minimum absolute atomic E-state index is 0. The van der Waals surface area contributed by atoms with Gasteiger partial charge in [-0.15, -0.1) is 0 Å². The summed E-state index contributed by atoms with van der Waals surface area (Å²) in [5, 5.41) is 0. The van der Waals surface area contributed by atoms with Gasteiger partial charge in [0, 0.05) is 31.5 Å². The molecular formula is C33H56ClN3O6. The van der Waals surface area contributed by atoms with E-state index in [1.54, 1.807) is 0 Å². The number of aryl methyl sites for hydroxylation is 1. The van der Waals surface area contributed by atoms with E-state index < -0.39 is 6.09 Å². The molecule has 1 aromatic rings. The van der Waals surface area contributed by atoms with Crippen LogP contribution < -0.4 is 22.5 Å². The second kappa shape index (κ2) is 24.1. The van der Waals surface area contributed by atoms with Crippen LogP contribution in [-0.4, -0.2) is 48.7 Å². The maximum Gasteiger partial charge on any atom is 0.417 e. The number of rotatable bonds is 22. The lowest BCUT2D eigenvalue weighted by Gasteiger charge is -2.19. The van der Waals surface area contributed by atoms with Gasteiger partial charge < -0.3 is 26.7 Å². The Kier molecular flexibility index (Phi) is 21.8. The highest BCUT2D eigenvalue weighted by atomic mass is 35.5. The molecule has 0 spiro atoms. The highest BCUT2D eigenvalue weighted by Gasteiger charge is 2.30. The third-order valence-corrected chi connectivity index (χ3v) is 7.87. The van der Waals surface area contributed by atoms with Gasteiger partial charge in [-0.25, -0.2) is 14.3 Å². The zero-order valence-corrected chi connectivity index (χ0v) is 27.6. The quantitative estimate of drug-likeness (QED) is 0.120. The molecule has 2 atom stereocenters. The smallest absolute Gasteiger partial charge is 0.417 e. The Morgan fingerprint density at radius 1 is 0.953 bits per heavy atom. The van der Waals surface area contributed by atoms with Crippen molar-refractivity contribution in [3.63, 3.8) is 0 Å². The number of amides is 2. The van der Waals surface area contributed by atoms with Crippen LogP contribution in [-0.2, 0) is 37.0 Å². The average Bonchev–Trinajstić information content (AvgIpc) is 3.43. The highest BCUT2D eigenvalue weighted by Crippen LogP contribution is 2.23. The minimum Gasteiger partial charge on any atom is -1.00 e. The Bertz CT molecular complexity index is 918. The fraction of sp³-hybridized carbons (Fsp3) is 0.758. The molecule has 2 amide bonds. The van der Waals surface area contributed by atoms with Crippen LogP contribution in [0.4, 0.5) is 4.79 Å². The maximum atomic E-state index is 12.7. The van der Waals surface area contributed by atoms with Gasteiger partial charge in [-0.3, -0.25) is 9.59 Å². The molecular weight excluding hydrogens is 570 g/mol. The number of aromatic nitrogens is 1. The number of hydrogen-bond donors (Lipinski definition) is 1. The summed E-state index contributed by atoms with van der Waals surface area (Å²) in [7, 11) is 0. The summed E-state index contributed by atoms with van der Waals surface area (Å²) in [4.78, 5) is 43.3. The van der Waals surface area contributed by atoms with Crippen LogP contribution in [0.2, 0.25) is 0 Å². The van der Waals surface area contributed by atoms with Gasteiger partial charge in [-0.1, -0.05) is 90.0 Å². The first kappa shape index (κ1) is 38.8. The summed E-state index contributed by atoms with van der Waals surface area (Å²) < 4.78 is 13.2. The van der Waals surface area contributed by atoms with Crippen molar-refractivity contribution in [1.29, 1.82) is 0 Å². The molecule has 0 aromatic carbocycles. The van der Waals surface area contributed by atoms with Crippen LogP contribution in [0.25, 0.3) is 0 Å². The van der Waals surface area contributed by atoms with Crippen LogP contribution in [0.1, 0.15) is 123 Å². The van der Waals surface area contributed by atoms with Crippen molar-refractivity contribution < 1.29 is 45.7 Å². The number of carbonyl (C=O) groups is 3. The van der Waals surface area contributed by atoms with Crippen molar-refractivity contribution in [1.82, 2.24) is 10.4 Å². The van der Waals surface area contributed by atoms with E-state index in [-0.39, 0.29) is 55.9 Å². The van der Waals surface area contributed by atoms with E-state index in [1.807, 2.05) is 35.9 Å². The summed E-state index contributed by atoms with van der Waals surface area (Å²) in [5.74, 6) is -0.750. The Morgan fingerprint density at radius 3 is 2.19 bits per heavy atom. The standard InChI is InChI=1S/C33H56N3O6.ClH/c1-4-6-7-8-9-10-11-12-13-14-15-16-18-21-34-42-32(38)24-31-23-29(26-40-31)27-41-33(39)36(28(3)37)25-30-20-17-19-22-35(30)5-2;/h17,19-20,22,29,31,34H,4-16,18,21,23-27H2,1-3H3;1H/q+1;/p-1. The molecule has 2 rings (SSSR count). The topological polar surface area (TPSA) is 98.0 Å². The van der Waals surface area contributed by atoms with Gasteiger partial charge in [-0.2, -0.15) is 5.48 Å². The summed E-state index contributed by atoms with van der Waals surface area (Å²) in [6.45, 7) is 7.68. The van der Waals surface area contributed by atoms with Gasteiger partial charge in [0.05, 0.1) is 25.7 Å². The van der Waals surface area contributed by atoms with Gasteiger partial charge in [0.2, 0.25) is 11.6 Å². The molecule has 1 N–H and O–H groups in total. The average molecular weight is 626 g/mol. The molecule has 1 saturated heterocycles. The Hall–Kier alpha value is -2.23. The van der Waals surface area contributed by atoms with Gasteiger partial charge >= 0.3 is 12.1 Å². The molecule has 2 heterocycles. The molecule has 1 fully saturated rings. The first-order chi connectivity index (χ1) is 20.4. The van der Waals surface area contributed by atoms with E-state index in [9.17, 15) is 14.4 Å². The van der Waals surface area contributed by atoms with E-state index in [0.29, 0.717) is 19.6 Å². The molecule has 9 nitrogen and oxygen atoms in total. The Morgan fingerprint density at radius 2 is 1.58 bits per heavy atom. The number of nitrogens with zero attached hydrogens (tertiary/aromatic N) is 2. The number of imide groups is 1. The lowest BCUT2D eigenvalue weighted by Crippen LogP contribution is -3.00. The summed E-state index contributed by atoms with van der Waals surface area (Å²) in [5.41, 5.74) is 3.63. The first-order valence-electron chi connectivity index (χ1n) is 16.4. The summed E-state index contributed by atoms with van der Waals surface area (Å²) in [6.07, 6.45) is 18.6. The van der Waals surface area contributed by atoms with Crippen LogP contribution in [0.3, 0.4) is 0 Å². The molecule has 0 aliphatic carbocycles. The van der Waals surface area contributed by atoms with Gasteiger partial charge in [0.1, 0.15) is 13.1 Å². The van der Waals surface area contributed by atoms with E-state index >= 15 is 0 Å². The maximum absolute atomic E-state index is 12.7. The second-order valence-electron chi connectivity index (χ2n) is 11.5. The van der Waals surface area contributed by atoms with Gasteiger partial charge in [-0.05, 0) is 19.8 Å². The van der Waals surface area contributed by atoms with E-state index in [4.69, 9.17) is 14.3 Å². The number of pyridine rings is 1. The van der Waals surface area contributed by atoms with Crippen molar-refractivity contribution in [2.24, 2.45) is 5.92 Å². The third kappa shape index (κ3) is 17.0. The van der Waals surface area contributed by atoms with Crippen molar-refractivity contribution in [2.45, 2.75) is 136 Å². The second-order valence-corrected chi connectivity index (χ2v) is 11.5. The monoisotopic (exact) mass is 625 g/mol. The number of unbranched alkanes of at least 4 members (excludes halogenated alkanes) is 12. The van der Waals surface area contributed by atoms with E-state index in [0.717, 1.165) is 30.0 Å². The van der Waals surface area contributed by atoms with E-state index in [2.05, 4.69) is 12.4 Å². The number of halogens is 1. The zero-order valence-electron chi connectivity index (χ0n) is 26.8. The normalized spacial score (nSPS) is 16.0. The largest absolute Gasteiger partial charge is 1.00 e. The fourth-order valence-electron chi connectivity index (χ4n) is 5.31. The molecule has 1 aliphatic rings. The molecule has 246 valence electrons. The predicted octanol–water partition coefficient (Wildman–Crippen LogP) is 3.42. The molecule has 0 saturated carbocycles. The van der Waals surface area contributed by atoms with Crippen molar-refractivity contribution >= 4 is 18.0 Å². The zero-order chi connectivity index (χ0) is 30.4. The predicted molar refractivity (Wildman–Crippen MR) is 162 cm³/mol. The van der Waals surface area contributed by atoms with Crippen LogP contribution in [0.5, 0.6) is 0 Å². The molecule has 1 aliphatic heterocycles. The van der Waals surface area contributed by atoms with E-state index in [1.165, 1.54) is 77.6 Å². The Balaban J connectivity index is 0.00000924. The number of hydrogen-bond acceptors (Lipinski definition) is 7. The number of ether oxygens (including phenoxy) is 2. The fourth-order valence-corrected chi connectivity index (χ4v) is 5.31. The van der Waals surface area contributed by atoms with Crippen molar-refractivity contribution in [3.8, 4) is 0 Å². The van der Waals surface area contributed by atoms with Crippen LogP contribution >= 0.6 is 0 Å². The Labute approximate surface area is 265 Å². The van der Waals surface area contributed by atoms with Crippen molar-refractivity contribution in [3.05, 3.63) is 30.1 Å². The molecule has 10 heteroatoms. The SMILES string of the molecule is CCCCCCCCCCCCCCCNOC(=O)CC1CC(COC(=O)N(Cc2cccc[n+]2CC)C(C)=O)CO1.[Cl-]. The minimum atomic E-state index is -0.672. The highest BCUT2D eigenvalue weighted by molar-refractivity contribution is 5.90. The molecule has 43 heavy (non-hydrogen) atoms. The van der Waals surface area contributed by atoms with Gasteiger partial charge in [0.25, 0.3) is 0 Å². The molecule has 1 aromatic heterocycles. The lowest BCUT2D eigenvalue weighted by molar-refractivity contribution is -0.701. The number of carbonyl (C=O) groups excluding carboxylic acids is 3. The molecule has 0 bridgehead atoms. The van der Waals surface area contributed by atoms with Gasteiger partial charge in [0.15, 0.2) is 6.20 Å². The molecule has 2 unspecified atom stereocenters. The number of nitrogens with one attached hydrogen (secondary N) is 1. The number of hydroxylamine groups is 1. The first-order valence-corrected chi connectivity index (χ1v) is 16.4. The third-order valence-electron chi connectivity index (χ3n) is 7.87. The van der Waals surface area contributed by atoms with Crippen molar-refractivity contribution in [2.75, 3.05) is 19.8 Å². The molecule has 0 radical (unpaired) electrons. The summed E-state index contributed by atoms with van der Waals surface area (Å²) >= 11 is 0.